The molecule has 0 bridgehead atoms. The van der Waals surface area contributed by atoms with Gasteiger partial charge in [-0.2, -0.15) is 0 Å². The lowest BCUT2D eigenvalue weighted by Gasteiger charge is -2.59. The molecule has 0 amide bonds. The van der Waals surface area contributed by atoms with Gasteiger partial charge in [-0.05, 0) is 80.5 Å². The van der Waals surface area contributed by atoms with Crippen LogP contribution >= 0.6 is 12.9 Å². The fourth-order valence-electron chi connectivity index (χ4n) is 7.56. The molecular formula is C21H32O3S. The zero-order valence-electron chi connectivity index (χ0n) is 15.6. The van der Waals surface area contributed by atoms with Crippen LogP contribution in [0.1, 0.15) is 58.8 Å². The molecule has 1 spiro atoms. The number of thiol groups is 1. The van der Waals surface area contributed by atoms with Crippen LogP contribution in [0.2, 0.25) is 0 Å². The van der Waals surface area contributed by atoms with Gasteiger partial charge in [-0.1, -0.05) is 26.0 Å². The molecule has 4 aliphatic carbocycles. The third-order valence-electron chi connectivity index (χ3n) is 9.00. The Bertz CT molecular complexity index is 571. The molecule has 7 atom stereocenters. The number of ether oxygens (including phenoxy) is 2. The minimum Gasteiger partial charge on any atom is -0.347 e. The van der Waals surface area contributed by atoms with E-state index < -0.39 is 0 Å². The van der Waals surface area contributed by atoms with Gasteiger partial charge in [0.2, 0.25) is 0 Å². The molecule has 3 nitrogen and oxygen atoms in total. The minimum absolute atomic E-state index is 0.0548. The lowest BCUT2D eigenvalue weighted by Crippen LogP contribution is -2.55. The summed E-state index contributed by atoms with van der Waals surface area (Å²) in [6.45, 7) is 6.48. The molecule has 0 N–H and O–H groups in total. The van der Waals surface area contributed by atoms with Crippen molar-refractivity contribution in [2.24, 2.45) is 34.5 Å². The van der Waals surface area contributed by atoms with Crippen molar-refractivity contribution in [3.8, 4) is 0 Å². The molecule has 1 aliphatic heterocycles. The van der Waals surface area contributed by atoms with Crippen molar-refractivity contribution in [1.29, 1.82) is 0 Å². The molecule has 3 saturated carbocycles. The van der Waals surface area contributed by atoms with Crippen LogP contribution in [-0.4, -0.2) is 25.1 Å². The molecule has 0 aromatic carbocycles. The molecule has 1 saturated heterocycles. The average molecular weight is 365 g/mol. The monoisotopic (exact) mass is 364 g/mol. The number of rotatable bonds is 1. The van der Waals surface area contributed by atoms with Crippen LogP contribution in [0.4, 0.5) is 0 Å². The molecular weight excluding hydrogens is 332 g/mol. The summed E-state index contributed by atoms with van der Waals surface area (Å²) >= 11 is 4.10. The lowest BCUT2D eigenvalue weighted by atomic mass is 9.47. The highest BCUT2D eigenvalue weighted by Crippen LogP contribution is 2.67. The second-order valence-electron chi connectivity index (χ2n) is 9.71. The Kier molecular flexibility index (Phi) is 3.92. The van der Waals surface area contributed by atoms with E-state index in [-0.39, 0.29) is 11.2 Å². The first kappa shape index (κ1) is 17.1. The van der Waals surface area contributed by atoms with Crippen LogP contribution in [-0.2, 0) is 13.7 Å². The molecule has 5 aliphatic rings. The van der Waals surface area contributed by atoms with Crippen LogP contribution in [0.25, 0.3) is 0 Å². The third kappa shape index (κ3) is 2.17. The van der Waals surface area contributed by atoms with Gasteiger partial charge in [0.25, 0.3) is 0 Å². The molecule has 4 fully saturated rings. The zero-order valence-corrected chi connectivity index (χ0v) is 16.5. The second kappa shape index (κ2) is 5.73. The van der Waals surface area contributed by atoms with Crippen molar-refractivity contribution in [2.45, 2.75) is 70.7 Å². The summed E-state index contributed by atoms with van der Waals surface area (Å²) in [4.78, 5) is 0. The maximum atomic E-state index is 6.22. The molecule has 0 aromatic rings. The van der Waals surface area contributed by atoms with E-state index in [0.717, 1.165) is 37.9 Å². The first-order valence-corrected chi connectivity index (χ1v) is 10.7. The standard InChI is InChI=1S/C21H32O3S/c1-19-8-5-15(24-25)13-14(19)3-4-16-17(19)6-9-20(2)18(16)7-10-21(20)22-11-12-23-21/h6,9,14-18,25H,3-5,7-8,10-13H2,1-2H3/t14-,15-,16?,17?,18?,19+,20+/m1/s1. The highest BCUT2D eigenvalue weighted by atomic mass is 32.1. The van der Waals surface area contributed by atoms with Crippen LogP contribution in [0.3, 0.4) is 0 Å². The molecule has 5 rings (SSSR count). The molecule has 25 heavy (non-hydrogen) atoms. The molecule has 1 heterocycles. The molecule has 0 radical (unpaired) electrons. The average Bonchev–Trinajstić information content (AvgIpc) is 3.21. The maximum absolute atomic E-state index is 6.22. The van der Waals surface area contributed by atoms with Gasteiger partial charge in [-0.15, -0.1) is 0 Å². The summed E-state index contributed by atoms with van der Waals surface area (Å²) in [5.74, 6) is 2.65. The van der Waals surface area contributed by atoms with Gasteiger partial charge in [0.15, 0.2) is 5.79 Å². The van der Waals surface area contributed by atoms with Gasteiger partial charge in [-0.25, -0.2) is 0 Å². The van der Waals surface area contributed by atoms with Crippen molar-refractivity contribution in [3.63, 3.8) is 0 Å². The van der Waals surface area contributed by atoms with E-state index in [4.69, 9.17) is 13.7 Å². The SMILES string of the molecule is C[C@]12C=CC3C(CC[C@@H]4C[C@H](OS)CC[C@]34C)C1CCC21OCCO1. The summed E-state index contributed by atoms with van der Waals surface area (Å²) in [5.41, 5.74) is 0.482. The number of allylic oxidation sites excluding steroid dienone is 1. The van der Waals surface area contributed by atoms with Gasteiger partial charge in [0.05, 0.1) is 19.3 Å². The van der Waals surface area contributed by atoms with Crippen LogP contribution < -0.4 is 0 Å². The summed E-state index contributed by atoms with van der Waals surface area (Å²) in [6, 6.07) is 0. The maximum Gasteiger partial charge on any atom is 0.177 e. The first-order valence-electron chi connectivity index (χ1n) is 10.3. The third-order valence-corrected chi connectivity index (χ3v) is 9.30. The van der Waals surface area contributed by atoms with Crippen LogP contribution in [0.5, 0.6) is 0 Å². The van der Waals surface area contributed by atoms with E-state index in [1.807, 2.05) is 0 Å². The van der Waals surface area contributed by atoms with Crippen molar-refractivity contribution >= 4 is 12.9 Å². The normalized spacial score (nSPS) is 53.5. The first-order chi connectivity index (χ1) is 12.0. The Balaban J connectivity index is 1.48. The minimum atomic E-state index is -0.339. The largest absolute Gasteiger partial charge is 0.347 e. The summed E-state index contributed by atoms with van der Waals surface area (Å²) in [5, 5.41) is 0. The Labute approximate surface area is 157 Å². The zero-order chi connectivity index (χ0) is 17.3. The Morgan fingerprint density at radius 2 is 1.84 bits per heavy atom. The number of hydrogen-bond acceptors (Lipinski definition) is 4. The Hall–Kier alpha value is -0.0300. The van der Waals surface area contributed by atoms with Gasteiger partial charge in [0, 0.05) is 11.8 Å². The van der Waals surface area contributed by atoms with E-state index in [1.165, 1.54) is 32.1 Å². The topological polar surface area (TPSA) is 27.7 Å². The fourth-order valence-corrected chi connectivity index (χ4v) is 7.75. The summed E-state index contributed by atoms with van der Waals surface area (Å²) in [7, 11) is 0. The van der Waals surface area contributed by atoms with Gasteiger partial charge in [-0.3, -0.25) is 0 Å². The second-order valence-corrected chi connectivity index (χ2v) is 9.92. The van der Waals surface area contributed by atoms with Crippen molar-refractivity contribution in [2.75, 3.05) is 13.2 Å². The van der Waals surface area contributed by atoms with Crippen LogP contribution in [0.15, 0.2) is 12.2 Å². The van der Waals surface area contributed by atoms with E-state index in [9.17, 15) is 0 Å². The predicted molar refractivity (Wildman–Crippen MR) is 100 cm³/mol. The van der Waals surface area contributed by atoms with Crippen molar-refractivity contribution < 1.29 is 13.7 Å². The number of fused-ring (bicyclic) bond motifs is 6. The number of hydrogen-bond donors (Lipinski definition) is 1. The Morgan fingerprint density at radius 3 is 2.60 bits per heavy atom. The smallest absolute Gasteiger partial charge is 0.177 e. The lowest BCUT2D eigenvalue weighted by molar-refractivity contribution is -0.217. The predicted octanol–water partition coefficient (Wildman–Crippen LogP) is 4.78. The fraction of sp³-hybridized carbons (Fsp3) is 0.905. The molecule has 0 aromatic heterocycles. The highest BCUT2D eigenvalue weighted by Gasteiger charge is 2.65. The van der Waals surface area contributed by atoms with Gasteiger partial charge < -0.3 is 13.7 Å². The van der Waals surface area contributed by atoms with E-state index >= 15 is 0 Å². The van der Waals surface area contributed by atoms with Crippen molar-refractivity contribution in [3.05, 3.63) is 12.2 Å². The quantitative estimate of drug-likeness (QED) is 0.412. The van der Waals surface area contributed by atoms with Crippen LogP contribution in [0, 0.1) is 34.5 Å². The summed E-state index contributed by atoms with van der Waals surface area (Å²) in [6.07, 6.45) is 14.1. The van der Waals surface area contributed by atoms with E-state index in [0.29, 0.717) is 23.4 Å². The summed E-state index contributed by atoms with van der Waals surface area (Å²) < 4.78 is 17.8. The highest BCUT2D eigenvalue weighted by molar-refractivity contribution is 7.75. The van der Waals surface area contributed by atoms with E-state index in [1.54, 1.807) is 0 Å². The van der Waals surface area contributed by atoms with Gasteiger partial charge in [0.1, 0.15) is 0 Å². The molecule has 3 unspecified atom stereocenters. The van der Waals surface area contributed by atoms with Crippen molar-refractivity contribution in [1.82, 2.24) is 0 Å². The Morgan fingerprint density at radius 1 is 1.04 bits per heavy atom. The molecule has 4 heteroatoms. The van der Waals surface area contributed by atoms with Gasteiger partial charge >= 0.3 is 0 Å². The van der Waals surface area contributed by atoms with E-state index in [2.05, 4.69) is 38.9 Å². The molecule has 140 valence electrons.